The zero-order chi connectivity index (χ0) is 12.1. The summed E-state index contributed by atoms with van der Waals surface area (Å²) in [5.41, 5.74) is 0.580. The van der Waals surface area contributed by atoms with Crippen LogP contribution in [0.3, 0.4) is 0 Å². The summed E-state index contributed by atoms with van der Waals surface area (Å²) in [4.78, 5) is 10.8. The van der Waals surface area contributed by atoms with E-state index < -0.39 is 4.83 Å². The lowest BCUT2D eigenvalue weighted by molar-refractivity contribution is -0.142. The molecule has 1 atom stereocenters. The molecular weight excluding hydrogens is 298 g/mol. The van der Waals surface area contributed by atoms with Crippen LogP contribution in [0, 0.1) is 5.82 Å². The first-order chi connectivity index (χ1) is 7.54. The fourth-order valence-corrected chi connectivity index (χ4v) is 1.88. The zero-order valence-corrected chi connectivity index (χ0v) is 11.0. The van der Waals surface area contributed by atoms with Crippen molar-refractivity contribution in [1.29, 1.82) is 0 Å². The van der Waals surface area contributed by atoms with Crippen molar-refractivity contribution in [3.8, 4) is 0 Å². The maximum Gasteiger partial charge on any atom is 0.320 e. The molecule has 0 fully saturated rings. The van der Waals surface area contributed by atoms with Gasteiger partial charge in [-0.1, -0.05) is 27.5 Å². The number of ether oxygens (including phenoxy) is 1. The zero-order valence-electron chi connectivity index (χ0n) is 8.67. The van der Waals surface area contributed by atoms with Gasteiger partial charge in [0, 0.05) is 5.02 Å². The van der Waals surface area contributed by atoms with E-state index >= 15 is 0 Å². The van der Waals surface area contributed by atoms with Crippen LogP contribution in [-0.2, 0) is 16.0 Å². The van der Waals surface area contributed by atoms with Crippen molar-refractivity contribution in [2.45, 2.75) is 18.2 Å². The van der Waals surface area contributed by atoms with Crippen molar-refractivity contribution in [2.24, 2.45) is 0 Å². The number of alkyl halides is 1. The third-order valence-corrected chi connectivity index (χ3v) is 3.02. The summed E-state index contributed by atoms with van der Waals surface area (Å²) in [6.07, 6.45) is 0.301. The number of carbonyl (C=O) groups is 1. The van der Waals surface area contributed by atoms with Crippen molar-refractivity contribution in [1.82, 2.24) is 0 Å². The predicted octanol–water partition coefficient (Wildman–Crippen LogP) is 3.35. The van der Waals surface area contributed by atoms with Gasteiger partial charge in [0.25, 0.3) is 0 Å². The van der Waals surface area contributed by atoms with Crippen LogP contribution in [0.4, 0.5) is 4.39 Å². The fraction of sp³-hybridized carbons (Fsp3) is 0.364. The summed E-state index contributed by atoms with van der Waals surface area (Å²) < 4.78 is 17.8. The summed E-state index contributed by atoms with van der Waals surface area (Å²) >= 11 is 9.07. The number of esters is 1. The van der Waals surface area contributed by atoms with Crippen LogP contribution in [0.15, 0.2) is 18.2 Å². The molecule has 1 rings (SSSR count). The smallest absolute Gasteiger partial charge is 0.320 e. The molecule has 16 heavy (non-hydrogen) atoms. The first-order valence-corrected chi connectivity index (χ1v) is 6.08. The van der Waals surface area contributed by atoms with Crippen LogP contribution >= 0.6 is 27.5 Å². The van der Waals surface area contributed by atoms with Gasteiger partial charge in [-0.05, 0) is 37.1 Å². The van der Waals surface area contributed by atoms with Crippen molar-refractivity contribution in [3.63, 3.8) is 0 Å². The van der Waals surface area contributed by atoms with E-state index in [2.05, 4.69) is 15.9 Å². The Balaban J connectivity index is 2.72. The van der Waals surface area contributed by atoms with Crippen LogP contribution in [0.25, 0.3) is 0 Å². The van der Waals surface area contributed by atoms with Crippen molar-refractivity contribution < 1.29 is 13.9 Å². The Hall–Kier alpha value is -0.610. The predicted molar refractivity (Wildman–Crippen MR) is 64.5 cm³/mol. The van der Waals surface area contributed by atoms with E-state index in [1.165, 1.54) is 18.2 Å². The Kier molecular flexibility index (Phi) is 5.22. The molecule has 1 aromatic carbocycles. The summed E-state index contributed by atoms with van der Waals surface area (Å²) in [7, 11) is 0. The number of halogens is 3. The van der Waals surface area contributed by atoms with Crippen molar-refractivity contribution >= 4 is 33.5 Å². The highest BCUT2D eigenvalue weighted by Gasteiger charge is 2.18. The first-order valence-electron chi connectivity index (χ1n) is 4.79. The van der Waals surface area contributed by atoms with Crippen LogP contribution < -0.4 is 0 Å². The van der Waals surface area contributed by atoms with Crippen LogP contribution in [0.1, 0.15) is 12.5 Å². The SMILES string of the molecule is CCOC(=O)C(Br)Cc1cc(F)ccc1Cl. The molecular formula is C11H11BrClFO2. The maximum absolute atomic E-state index is 13.0. The summed E-state index contributed by atoms with van der Waals surface area (Å²) in [6, 6.07) is 4.06. The second kappa shape index (κ2) is 6.21. The molecule has 0 amide bonds. The molecule has 0 aliphatic carbocycles. The Morgan fingerprint density at radius 2 is 2.31 bits per heavy atom. The van der Waals surface area contributed by atoms with Gasteiger partial charge in [-0.25, -0.2) is 4.39 Å². The number of hydrogen-bond donors (Lipinski definition) is 0. The van der Waals surface area contributed by atoms with E-state index in [0.717, 1.165) is 0 Å². The molecule has 0 spiro atoms. The lowest BCUT2D eigenvalue weighted by Gasteiger charge is -2.10. The largest absolute Gasteiger partial charge is 0.465 e. The lowest BCUT2D eigenvalue weighted by Crippen LogP contribution is -2.19. The van der Waals surface area contributed by atoms with E-state index in [4.69, 9.17) is 16.3 Å². The Morgan fingerprint density at radius 1 is 1.62 bits per heavy atom. The normalized spacial score (nSPS) is 12.2. The Labute approximate surface area is 107 Å². The van der Waals surface area contributed by atoms with Gasteiger partial charge in [0.2, 0.25) is 0 Å². The van der Waals surface area contributed by atoms with Crippen LogP contribution in [0.2, 0.25) is 5.02 Å². The molecule has 0 aliphatic rings. The number of carbonyl (C=O) groups excluding carboxylic acids is 1. The average molecular weight is 310 g/mol. The minimum Gasteiger partial charge on any atom is -0.465 e. The highest BCUT2D eigenvalue weighted by Crippen LogP contribution is 2.21. The highest BCUT2D eigenvalue weighted by atomic mass is 79.9. The molecule has 1 unspecified atom stereocenters. The van der Waals surface area contributed by atoms with E-state index in [1.807, 2.05) is 0 Å². The molecule has 0 heterocycles. The van der Waals surface area contributed by atoms with Gasteiger partial charge in [0.15, 0.2) is 0 Å². The van der Waals surface area contributed by atoms with Crippen LogP contribution in [0.5, 0.6) is 0 Å². The van der Waals surface area contributed by atoms with Crippen molar-refractivity contribution in [3.05, 3.63) is 34.6 Å². The number of rotatable bonds is 4. The summed E-state index contributed by atoms with van der Waals surface area (Å²) in [6.45, 7) is 2.05. The number of benzene rings is 1. The Bertz CT molecular complexity index is 384. The molecule has 1 aromatic rings. The maximum atomic E-state index is 13.0. The standard InChI is InChI=1S/C11H11BrClFO2/c1-2-16-11(15)9(12)6-7-5-8(14)3-4-10(7)13/h3-5,9H,2,6H2,1H3. The molecule has 0 saturated carbocycles. The van der Waals surface area contributed by atoms with Gasteiger partial charge in [-0.2, -0.15) is 0 Å². The quantitative estimate of drug-likeness (QED) is 0.630. The topological polar surface area (TPSA) is 26.3 Å². The summed E-state index contributed by atoms with van der Waals surface area (Å²) in [5, 5.41) is 0.440. The van der Waals surface area contributed by atoms with E-state index in [9.17, 15) is 9.18 Å². The second-order valence-corrected chi connectivity index (χ2v) is 4.67. The molecule has 2 nitrogen and oxygen atoms in total. The van der Waals surface area contributed by atoms with Gasteiger partial charge in [-0.3, -0.25) is 4.79 Å². The second-order valence-electron chi connectivity index (χ2n) is 3.16. The third kappa shape index (κ3) is 3.76. The minimum absolute atomic E-state index is 0.301. The summed E-state index contributed by atoms with van der Waals surface area (Å²) in [5.74, 6) is -0.745. The molecule has 5 heteroatoms. The van der Waals surface area contributed by atoms with E-state index in [0.29, 0.717) is 23.6 Å². The van der Waals surface area contributed by atoms with Gasteiger partial charge < -0.3 is 4.74 Å². The lowest BCUT2D eigenvalue weighted by atomic mass is 10.1. The molecule has 0 aliphatic heterocycles. The van der Waals surface area contributed by atoms with Gasteiger partial charge in [-0.15, -0.1) is 0 Å². The van der Waals surface area contributed by atoms with Gasteiger partial charge >= 0.3 is 5.97 Å². The van der Waals surface area contributed by atoms with Gasteiger partial charge in [0.1, 0.15) is 10.6 Å². The monoisotopic (exact) mass is 308 g/mol. The molecule has 0 radical (unpaired) electrons. The van der Waals surface area contributed by atoms with Crippen LogP contribution in [-0.4, -0.2) is 17.4 Å². The van der Waals surface area contributed by atoms with E-state index in [1.54, 1.807) is 6.92 Å². The molecule has 0 aromatic heterocycles. The fourth-order valence-electron chi connectivity index (χ4n) is 1.21. The Morgan fingerprint density at radius 3 is 2.94 bits per heavy atom. The van der Waals surface area contributed by atoms with Crippen molar-refractivity contribution in [2.75, 3.05) is 6.61 Å². The van der Waals surface area contributed by atoms with Gasteiger partial charge in [0.05, 0.1) is 6.61 Å². The highest BCUT2D eigenvalue weighted by molar-refractivity contribution is 9.10. The third-order valence-electron chi connectivity index (χ3n) is 1.95. The average Bonchev–Trinajstić information content (AvgIpc) is 2.23. The van der Waals surface area contributed by atoms with E-state index in [-0.39, 0.29) is 11.8 Å². The first kappa shape index (κ1) is 13.5. The number of hydrogen-bond acceptors (Lipinski definition) is 2. The molecule has 0 saturated heterocycles. The minimum atomic E-state index is -0.508. The molecule has 88 valence electrons. The molecule has 0 bridgehead atoms. The molecule has 0 N–H and O–H groups in total.